The lowest BCUT2D eigenvalue weighted by Crippen LogP contribution is -2.74. The largest absolute Gasteiger partial charge is 0.459 e. The van der Waals surface area contributed by atoms with E-state index in [0.29, 0.717) is 16.2 Å². The first-order valence-electron chi connectivity index (χ1n) is 13.6. The first-order valence-corrected chi connectivity index (χ1v) is 14.5. The number of hydrogen-bond donors (Lipinski definition) is 3. The van der Waals surface area contributed by atoms with Crippen LogP contribution in [0.1, 0.15) is 16.8 Å². The van der Waals surface area contributed by atoms with Crippen LogP contribution in [0.2, 0.25) is 0 Å². The molecule has 0 spiro atoms. The fourth-order valence-corrected chi connectivity index (χ4v) is 4.50. The van der Waals surface area contributed by atoms with Gasteiger partial charge in [-0.2, -0.15) is 0 Å². The third-order valence-corrected chi connectivity index (χ3v) is 7.04. The van der Waals surface area contributed by atoms with Crippen LogP contribution in [0.5, 0.6) is 0 Å². The number of esters is 2. The van der Waals surface area contributed by atoms with Crippen molar-refractivity contribution in [1.29, 1.82) is 0 Å². The molecular weight excluding hydrogens is 676 g/mol. The molecule has 0 bridgehead atoms. The minimum Gasteiger partial charge on any atom is -0.459 e. The lowest BCUT2D eigenvalue weighted by molar-refractivity contribution is -0.385. The normalized spacial score (nSPS) is 15.5. The summed E-state index contributed by atoms with van der Waals surface area (Å²) in [5.74, 6) is -5.03. The molecule has 2 unspecified atom stereocenters. The van der Waals surface area contributed by atoms with Gasteiger partial charge in [0.1, 0.15) is 24.9 Å². The number of nitro benzene ring substituents is 2. The third kappa shape index (κ3) is 9.26. The van der Waals surface area contributed by atoms with Crippen molar-refractivity contribution in [3.05, 3.63) is 91.0 Å². The van der Waals surface area contributed by atoms with E-state index in [9.17, 15) is 44.2 Å². The number of nitrogens with one attached hydrogen (secondary N) is 1. The van der Waals surface area contributed by atoms with Crippen molar-refractivity contribution in [2.45, 2.75) is 25.3 Å². The van der Waals surface area contributed by atoms with Gasteiger partial charge in [-0.25, -0.2) is 19.6 Å². The second kappa shape index (κ2) is 15.8. The number of hydroxylamine groups is 2. The Bertz CT molecular complexity index is 1800. The highest BCUT2D eigenvalue weighted by atomic mass is 32.1. The van der Waals surface area contributed by atoms with Crippen molar-refractivity contribution in [2.75, 3.05) is 18.9 Å². The molecule has 22 heteroatoms. The van der Waals surface area contributed by atoms with E-state index in [1.54, 1.807) is 0 Å². The number of hydrogen-bond acceptors (Lipinski definition) is 17. The van der Waals surface area contributed by atoms with E-state index in [1.165, 1.54) is 53.9 Å². The zero-order valence-corrected chi connectivity index (χ0v) is 25.6. The van der Waals surface area contributed by atoms with E-state index in [4.69, 9.17) is 30.6 Å². The van der Waals surface area contributed by atoms with Gasteiger partial charge in [-0.15, -0.1) is 11.3 Å². The van der Waals surface area contributed by atoms with E-state index in [1.807, 2.05) is 0 Å². The Morgan fingerprint density at radius 2 is 1.45 bits per heavy atom. The summed E-state index contributed by atoms with van der Waals surface area (Å²) in [6, 6.07) is 7.32. The lowest BCUT2D eigenvalue weighted by Gasteiger charge is -2.43. The Hall–Kier alpha value is -6.55. The molecule has 1 fully saturated rings. The molecule has 4 rings (SSSR count). The zero-order chi connectivity index (χ0) is 35.7. The smallest absolute Gasteiger partial charge is 0.347 e. The molecule has 0 saturated carbocycles. The first-order chi connectivity index (χ1) is 23.3. The second-order valence-electron chi connectivity index (χ2n) is 9.69. The van der Waals surface area contributed by atoms with Gasteiger partial charge >= 0.3 is 11.9 Å². The number of nitrogens with two attached hydrogens (primary N) is 2. The van der Waals surface area contributed by atoms with Gasteiger partial charge in [-0.05, 0) is 35.4 Å². The number of primary amides is 1. The maximum atomic E-state index is 13.1. The van der Waals surface area contributed by atoms with E-state index in [0.717, 1.165) is 11.3 Å². The van der Waals surface area contributed by atoms with E-state index >= 15 is 0 Å². The second-order valence-corrected chi connectivity index (χ2v) is 10.6. The van der Waals surface area contributed by atoms with Gasteiger partial charge < -0.3 is 31.1 Å². The highest BCUT2D eigenvalue weighted by Crippen LogP contribution is 2.22. The van der Waals surface area contributed by atoms with E-state index < -0.39 is 70.5 Å². The van der Waals surface area contributed by atoms with Crippen LogP contribution < -0.4 is 16.8 Å². The average molecular weight is 701 g/mol. The number of carbonyl (C=O) groups excluding carboxylic acids is 5. The van der Waals surface area contributed by atoms with Crippen LogP contribution in [0.3, 0.4) is 0 Å². The number of thiazole rings is 1. The van der Waals surface area contributed by atoms with Crippen LogP contribution in [0.25, 0.3) is 0 Å². The molecule has 3 aromatic rings. The van der Waals surface area contributed by atoms with Gasteiger partial charge in [0.25, 0.3) is 23.2 Å². The number of ether oxygens (including phenoxy) is 2. The Labute approximate surface area is 277 Å². The lowest BCUT2D eigenvalue weighted by atomic mass is 9.97. The minimum atomic E-state index is -1.56. The maximum Gasteiger partial charge on any atom is 0.347 e. The fraction of sp³-hybridized carbons (Fsp3) is 0.222. The molecule has 1 aliphatic heterocycles. The summed E-state index contributed by atoms with van der Waals surface area (Å²) in [7, 11) is 0. The SMILES string of the molecule is NC(=O)C1C(NC(=O)/C(=N/OCC(=O)OCc2ccc([N+](=O)[O-])cc2)c2csc(N)n2)C(=O)N1OCC(=O)OCc1ccc([N+](=O)[O-])cc1. The number of amides is 3. The Balaban J connectivity index is 1.31. The van der Waals surface area contributed by atoms with Crippen LogP contribution in [-0.2, 0) is 56.3 Å². The summed E-state index contributed by atoms with van der Waals surface area (Å²) in [5.41, 5.74) is 11.0. The molecule has 1 aromatic heterocycles. The minimum absolute atomic E-state index is 0.0350. The number of rotatable bonds is 16. The Morgan fingerprint density at radius 3 is 1.92 bits per heavy atom. The molecule has 256 valence electrons. The van der Waals surface area contributed by atoms with Crippen LogP contribution in [-0.4, -0.2) is 80.6 Å². The molecule has 2 heterocycles. The van der Waals surface area contributed by atoms with Gasteiger partial charge in [-0.1, -0.05) is 5.16 Å². The monoisotopic (exact) mass is 700 g/mol. The number of nitrogens with zero attached hydrogens (tertiary/aromatic N) is 5. The predicted molar refractivity (Wildman–Crippen MR) is 163 cm³/mol. The van der Waals surface area contributed by atoms with Gasteiger partial charge in [0.05, 0.1) is 9.85 Å². The maximum absolute atomic E-state index is 13.1. The molecule has 2 atom stereocenters. The molecule has 49 heavy (non-hydrogen) atoms. The van der Waals surface area contributed by atoms with Gasteiger partial charge in [0, 0.05) is 29.6 Å². The van der Waals surface area contributed by atoms with Gasteiger partial charge in [-0.3, -0.25) is 39.4 Å². The molecule has 0 radical (unpaired) electrons. The van der Waals surface area contributed by atoms with Crippen molar-refractivity contribution in [3.63, 3.8) is 0 Å². The van der Waals surface area contributed by atoms with Crippen molar-refractivity contribution < 1.29 is 53.0 Å². The summed E-state index contributed by atoms with van der Waals surface area (Å²) in [5, 5.41) is 29.2. The van der Waals surface area contributed by atoms with Crippen LogP contribution in [0, 0.1) is 20.2 Å². The highest BCUT2D eigenvalue weighted by Gasteiger charge is 2.53. The number of aromatic nitrogens is 1. The summed E-state index contributed by atoms with van der Waals surface area (Å²) in [6.45, 7) is -2.12. The van der Waals surface area contributed by atoms with Crippen molar-refractivity contribution in [2.24, 2.45) is 10.9 Å². The average Bonchev–Trinajstić information content (AvgIpc) is 3.50. The molecule has 1 saturated heterocycles. The summed E-state index contributed by atoms with van der Waals surface area (Å²) >= 11 is 0.933. The standard InChI is InChI=1S/C27H24N8O13S/c28-24(38)23-22(26(40)33(23)48-12-20(37)46-10-15-3-7-17(8-4-15)35(43)44)31-25(39)21(18-13-49-27(29)30-18)32-47-11-19(36)45-9-14-1-5-16(6-2-14)34(41)42/h1-8,13,22-23H,9-12H2,(H2,28,38)(H2,29,30)(H,31,39)/b32-21+. The zero-order valence-electron chi connectivity index (χ0n) is 24.8. The van der Waals surface area contributed by atoms with Gasteiger partial charge in [0.2, 0.25) is 12.5 Å². The van der Waals surface area contributed by atoms with Crippen molar-refractivity contribution in [3.8, 4) is 0 Å². The molecule has 1 aliphatic rings. The predicted octanol–water partition coefficient (Wildman–Crippen LogP) is -0.138. The molecule has 2 aromatic carbocycles. The van der Waals surface area contributed by atoms with E-state index in [-0.39, 0.29) is 35.4 Å². The number of nitro groups is 2. The third-order valence-electron chi connectivity index (χ3n) is 6.36. The number of anilines is 1. The molecule has 3 amide bonds. The molecular formula is C27H24N8O13S. The summed E-state index contributed by atoms with van der Waals surface area (Å²) in [6.07, 6.45) is 0. The molecule has 5 N–H and O–H groups in total. The van der Waals surface area contributed by atoms with Crippen LogP contribution in [0.15, 0.2) is 59.1 Å². The van der Waals surface area contributed by atoms with Crippen molar-refractivity contribution in [1.82, 2.24) is 15.4 Å². The molecule has 21 nitrogen and oxygen atoms in total. The first kappa shape index (κ1) is 35.3. The van der Waals surface area contributed by atoms with E-state index in [2.05, 4.69) is 15.5 Å². The highest BCUT2D eigenvalue weighted by molar-refractivity contribution is 7.13. The number of nitrogen functional groups attached to an aromatic ring is 1. The Morgan fingerprint density at radius 1 is 0.918 bits per heavy atom. The number of benzene rings is 2. The van der Waals surface area contributed by atoms with Crippen LogP contribution in [0.4, 0.5) is 16.5 Å². The topological polar surface area (TPSA) is 301 Å². The summed E-state index contributed by atoms with van der Waals surface area (Å²) in [4.78, 5) is 96.7. The number of β-lactam (4-membered cyclic amide) rings is 1. The van der Waals surface area contributed by atoms with Crippen LogP contribution >= 0.6 is 11.3 Å². The quantitative estimate of drug-likeness (QED) is 0.0576. The fourth-order valence-electron chi connectivity index (χ4n) is 3.95. The Kier molecular flexibility index (Phi) is 11.4. The summed E-state index contributed by atoms with van der Waals surface area (Å²) < 4.78 is 10.0. The number of non-ortho nitro benzene ring substituents is 2. The van der Waals surface area contributed by atoms with Gasteiger partial charge in [0.15, 0.2) is 23.5 Å². The van der Waals surface area contributed by atoms with Crippen molar-refractivity contribution >= 4 is 63.2 Å². The molecule has 0 aliphatic carbocycles. The number of oxime groups is 1. The number of carbonyl (C=O) groups is 5.